The van der Waals surface area contributed by atoms with E-state index in [9.17, 15) is 29.8 Å². The van der Waals surface area contributed by atoms with Gasteiger partial charge in [0.2, 0.25) is 0 Å². The molecule has 0 aliphatic rings. The minimum Gasteiger partial charge on any atom is -0.346 e. The molecule has 162 valence electrons. The van der Waals surface area contributed by atoms with Crippen molar-refractivity contribution in [2.75, 3.05) is 5.32 Å². The maximum absolute atomic E-state index is 12.5. The van der Waals surface area contributed by atoms with E-state index >= 15 is 0 Å². The second kappa shape index (κ2) is 9.47. The molecule has 0 saturated carbocycles. The highest BCUT2D eigenvalue weighted by Crippen LogP contribution is 2.23. The maximum Gasteiger partial charge on any atom is 0.277 e. The quantitative estimate of drug-likeness (QED) is 0.420. The van der Waals surface area contributed by atoms with Crippen molar-refractivity contribution in [2.24, 2.45) is 0 Å². The highest BCUT2D eigenvalue weighted by Gasteiger charge is 2.20. The minimum absolute atomic E-state index is 0.201. The van der Waals surface area contributed by atoms with Crippen molar-refractivity contribution in [1.82, 2.24) is 5.32 Å². The number of amides is 2. The lowest BCUT2D eigenvalue weighted by atomic mass is 10.1. The van der Waals surface area contributed by atoms with Gasteiger partial charge in [-0.2, -0.15) is 0 Å². The van der Waals surface area contributed by atoms with Gasteiger partial charge in [0.1, 0.15) is 0 Å². The van der Waals surface area contributed by atoms with E-state index in [4.69, 9.17) is 0 Å². The number of carbonyl (C=O) groups excluding carboxylic acids is 2. The predicted molar refractivity (Wildman–Crippen MR) is 116 cm³/mol. The van der Waals surface area contributed by atoms with Crippen LogP contribution in [-0.4, -0.2) is 21.7 Å². The molecule has 0 bridgehead atoms. The van der Waals surface area contributed by atoms with Gasteiger partial charge in [-0.15, -0.1) is 0 Å². The molecule has 0 aliphatic heterocycles. The highest BCUT2D eigenvalue weighted by molar-refractivity contribution is 6.05. The van der Waals surface area contributed by atoms with E-state index in [1.807, 2.05) is 37.3 Å². The molecule has 3 aromatic rings. The lowest BCUT2D eigenvalue weighted by Crippen LogP contribution is -2.26. The van der Waals surface area contributed by atoms with Gasteiger partial charge in [-0.05, 0) is 36.8 Å². The van der Waals surface area contributed by atoms with E-state index < -0.39 is 27.1 Å². The molecule has 3 rings (SSSR count). The molecule has 10 nitrogen and oxygen atoms in total. The van der Waals surface area contributed by atoms with Crippen molar-refractivity contribution in [1.29, 1.82) is 0 Å². The number of benzene rings is 3. The first-order valence-corrected chi connectivity index (χ1v) is 9.45. The number of hydrogen-bond donors (Lipinski definition) is 2. The van der Waals surface area contributed by atoms with Crippen LogP contribution in [0.5, 0.6) is 0 Å². The van der Waals surface area contributed by atoms with Gasteiger partial charge in [-0.1, -0.05) is 30.3 Å². The van der Waals surface area contributed by atoms with Crippen molar-refractivity contribution in [2.45, 2.75) is 13.0 Å². The highest BCUT2D eigenvalue weighted by atomic mass is 16.6. The molecular formula is C22H18N4O6. The summed E-state index contributed by atoms with van der Waals surface area (Å²) in [4.78, 5) is 45.3. The van der Waals surface area contributed by atoms with Crippen LogP contribution in [0.25, 0.3) is 0 Å². The molecule has 0 aromatic heterocycles. The summed E-state index contributed by atoms with van der Waals surface area (Å²) >= 11 is 0. The maximum atomic E-state index is 12.5. The Balaban J connectivity index is 1.70. The second-order valence-corrected chi connectivity index (χ2v) is 6.89. The standard InChI is InChI=1S/C22H18N4O6/c1-14(15-5-3-2-4-6-15)23-21(27)16-7-9-18(10-8-16)24-22(28)17-11-19(25(29)30)13-20(12-17)26(31)32/h2-14H,1H3,(H,23,27)(H,24,28). The molecule has 1 atom stereocenters. The van der Waals surface area contributed by atoms with Crippen molar-refractivity contribution >= 4 is 28.9 Å². The van der Waals surface area contributed by atoms with Gasteiger partial charge in [0.25, 0.3) is 23.2 Å². The number of nitro benzene ring substituents is 2. The number of non-ortho nitro benzene ring substituents is 2. The number of nitrogens with one attached hydrogen (secondary N) is 2. The number of hydrogen-bond acceptors (Lipinski definition) is 6. The largest absolute Gasteiger partial charge is 0.346 e. The summed E-state index contributed by atoms with van der Waals surface area (Å²) in [5, 5.41) is 27.4. The number of carbonyl (C=O) groups is 2. The zero-order valence-electron chi connectivity index (χ0n) is 16.8. The molecule has 0 fully saturated rings. The van der Waals surface area contributed by atoms with Crippen molar-refractivity contribution in [3.05, 3.63) is 110 Å². The third kappa shape index (κ3) is 5.30. The molecule has 2 N–H and O–H groups in total. The first-order valence-electron chi connectivity index (χ1n) is 9.45. The van der Waals surface area contributed by atoms with Gasteiger partial charge >= 0.3 is 0 Å². The first kappa shape index (κ1) is 22.1. The second-order valence-electron chi connectivity index (χ2n) is 6.89. The van der Waals surface area contributed by atoms with E-state index in [0.29, 0.717) is 11.3 Å². The zero-order chi connectivity index (χ0) is 23.3. The Kier molecular flexibility index (Phi) is 6.54. The molecule has 3 aromatic carbocycles. The number of rotatable bonds is 7. The van der Waals surface area contributed by atoms with Crippen LogP contribution in [0.2, 0.25) is 0 Å². The van der Waals surface area contributed by atoms with Gasteiger partial charge in [0.15, 0.2) is 0 Å². The average molecular weight is 434 g/mol. The third-order valence-electron chi connectivity index (χ3n) is 4.64. The van der Waals surface area contributed by atoms with E-state index in [0.717, 1.165) is 23.8 Å². The van der Waals surface area contributed by atoms with Crippen LogP contribution in [0.4, 0.5) is 17.1 Å². The Morgan fingerprint density at radius 1 is 0.781 bits per heavy atom. The molecule has 0 saturated heterocycles. The monoisotopic (exact) mass is 434 g/mol. The molecule has 2 amide bonds. The third-order valence-corrected chi connectivity index (χ3v) is 4.64. The van der Waals surface area contributed by atoms with Gasteiger partial charge in [-0.3, -0.25) is 29.8 Å². The number of anilines is 1. The summed E-state index contributed by atoms with van der Waals surface area (Å²) in [7, 11) is 0. The molecule has 0 spiro atoms. The zero-order valence-corrected chi connectivity index (χ0v) is 16.8. The first-order chi connectivity index (χ1) is 15.2. The summed E-state index contributed by atoms with van der Waals surface area (Å²) in [5.74, 6) is -1.06. The predicted octanol–water partition coefficient (Wildman–Crippen LogP) is 4.25. The van der Waals surface area contributed by atoms with Crippen LogP contribution >= 0.6 is 0 Å². The Hall–Kier alpha value is -4.60. The summed E-state index contributed by atoms with van der Waals surface area (Å²) in [6, 6.07) is 17.9. The average Bonchev–Trinajstić information content (AvgIpc) is 2.79. The van der Waals surface area contributed by atoms with E-state index in [1.165, 1.54) is 24.3 Å². The van der Waals surface area contributed by atoms with E-state index in [2.05, 4.69) is 10.6 Å². The summed E-state index contributed by atoms with van der Waals surface area (Å²) < 4.78 is 0. The molecule has 10 heteroatoms. The van der Waals surface area contributed by atoms with Gasteiger partial charge in [0, 0.05) is 23.4 Å². The topological polar surface area (TPSA) is 144 Å². The van der Waals surface area contributed by atoms with Gasteiger partial charge in [0.05, 0.1) is 27.5 Å². The molecule has 32 heavy (non-hydrogen) atoms. The fourth-order valence-corrected chi connectivity index (χ4v) is 2.95. The lowest BCUT2D eigenvalue weighted by molar-refractivity contribution is -0.394. The fraction of sp³-hybridized carbons (Fsp3) is 0.0909. The lowest BCUT2D eigenvalue weighted by Gasteiger charge is -2.14. The van der Waals surface area contributed by atoms with Gasteiger partial charge < -0.3 is 10.6 Å². The van der Waals surface area contributed by atoms with Crippen LogP contribution < -0.4 is 10.6 Å². The smallest absolute Gasteiger partial charge is 0.277 e. The van der Waals surface area contributed by atoms with Crippen LogP contribution in [0, 0.1) is 20.2 Å². The summed E-state index contributed by atoms with van der Waals surface area (Å²) in [5.41, 5.74) is 0.279. The molecule has 0 aliphatic carbocycles. The van der Waals surface area contributed by atoms with Crippen LogP contribution in [0.3, 0.4) is 0 Å². The van der Waals surface area contributed by atoms with Crippen LogP contribution in [-0.2, 0) is 0 Å². The Bertz CT molecular complexity index is 1150. The molecule has 0 radical (unpaired) electrons. The Morgan fingerprint density at radius 2 is 1.34 bits per heavy atom. The van der Waals surface area contributed by atoms with Crippen LogP contribution in [0.15, 0.2) is 72.8 Å². The normalized spacial score (nSPS) is 11.3. The van der Waals surface area contributed by atoms with E-state index in [1.54, 1.807) is 0 Å². The molecule has 0 heterocycles. The SMILES string of the molecule is CC(NC(=O)c1ccc(NC(=O)c2cc([N+](=O)[O-])cc([N+](=O)[O-])c2)cc1)c1ccccc1. The Morgan fingerprint density at radius 3 is 1.88 bits per heavy atom. The van der Waals surface area contributed by atoms with Crippen molar-refractivity contribution in [3.8, 4) is 0 Å². The summed E-state index contributed by atoms with van der Waals surface area (Å²) in [6.45, 7) is 1.86. The van der Waals surface area contributed by atoms with Crippen molar-refractivity contribution in [3.63, 3.8) is 0 Å². The minimum atomic E-state index is -0.812. The van der Waals surface area contributed by atoms with Gasteiger partial charge in [-0.25, -0.2) is 0 Å². The van der Waals surface area contributed by atoms with Crippen molar-refractivity contribution < 1.29 is 19.4 Å². The van der Waals surface area contributed by atoms with Crippen LogP contribution in [0.1, 0.15) is 39.2 Å². The fourth-order valence-electron chi connectivity index (χ4n) is 2.95. The molecule has 1 unspecified atom stereocenters. The number of nitrogens with zero attached hydrogens (tertiary/aromatic N) is 2. The summed E-state index contributed by atoms with van der Waals surface area (Å²) in [6.07, 6.45) is 0. The van der Waals surface area contributed by atoms with E-state index in [-0.39, 0.29) is 17.5 Å². The number of nitro groups is 2. The Labute approximate surface area is 182 Å². The molecular weight excluding hydrogens is 416 g/mol.